The zero-order valence-electron chi connectivity index (χ0n) is 8.07. The molecular weight excluding hydrogens is 252 g/mol. The van der Waals surface area contributed by atoms with E-state index in [1.165, 1.54) is 11.8 Å². The molecule has 2 aromatic heterocycles. The summed E-state index contributed by atoms with van der Waals surface area (Å²) < 4.78 is 2.02. The fraction of sp³-hybridized carbons (Fsp3) is 0.333. The van der Waals surface area contributed by atoms with E-state index in [-0.39, 0.29) is 5.12 Å². The minimum absolute atomic E-state index is 0.127. The predicted molar refractivity (Wildman–Crippen MR) is 64.6 cm³/mol. The van der Waals surface area contributed by atoms with Crippen LogP contribution in [0.2, 0.25) is 0 Å². The van der Waals surface area contributed by atoms with Crippen LogP contribution in [0.3, 0.4) is 0 Å². The molecule has 3 nitrogen and oxygen atoms in total. The first-order valence-corrected chi connectivity index (χ1v) is 6.74. The number of thiazole rings is 1. The maximum atomic E-state index is 10.9. The van der Waals surface area contributed by atoms with Crippen molar-refractivity contribution in [3.8, 4) is 0 Å². The number of alkyl halides is 1. The molecule has 0 amide bonds. The van der Waals surface area contributed by atoms with Crippen LogP contribution in [0.1, 0.15) is 18.4 Å². The lowest BCUT2D eigenvalue weighted by Crippen LogP contribution is -1.95. The summed E-state index contributed by atoms with van der Waals surface area (Å²) in [5.41, 5.74) is 1.09. The first-order chi connectivity index (χ1) is 7.22. The van der Waals surface area contributed by atoms with E-state index in [9.17, 15) is 4.79 Å². The minimum Gasteiger partial charge on any atom is -0.289 e. The van der Waals surface area contributed by atoms with Crippen molar-refractivity contribution in [3.05, 3.63) is 23.1 Å². The Bertz CT molecular complexity index is 491. The second-order valence-electron chi connectivity index (χ2n) is 2.99. The Morgan fingerprint density at radius 2 is 2.53 bits per heavy atom. The summed E-state index contributed by atoms with van der Waals surface area (Å²) in [7, 11) is 0. The molecule has 0 atom stereocenters. The Morgan fingerprint density at radius 1 is 1.73 bits per heavy atom. The predicted octanol–water partition coefficient (Wildman–Crippen LogP) is 2.91. The van der Waals surface area contributed by atoms with Crippen LogP contribution in [0.5, 0.6) is 0 Å². The first-order valence-electron chi connectivity index (χ1n) is 4.34. The highest BCUT2D eigenvalue weighted by atomic mass is 35.5. The normalized spacial score (nSPS) is 11.1. The second-order valence-corrected chi connectivity index (χ2v) is 5.30. The Hall–Kier alpha value is -0.520. The van der Waals surface area contributed by atoms with Gasteiger partial charge >= 0.3 is 0 Å². The van der Waals surface area contributed by atoms with E-state index in [2.05, 4.69) is 4.98 Å². The van der Waals surface area contributed by atoms with Gasteiger partial charge in [0.15, 0.2) is 5.12 Å². The van der Waals surface area contributed by atoms with E-state index >= 15 is 0 Å². The van der Waals surface area contributed by atoms with Crippen molar-refractivity contribution in [2.45, 2.75) is 18.6 Å². The van der Waals surface area contributed by atoms with Crippen LogP contribution in [-0.4, -0.2) is 14.5 Å². The van der Waals surface area contributed by atoms with E-state index in [0.29, 0.717) is 11.6 Å². The van der Waals surface area contributed by atoms with Crippen molar-refractivity contribution in [2.24, 2.45) is 0 Å². The number of aromatic nitrogens is 2. The third kappa shape index (κ3) is 2.19. The maximum Gasteiger partial charge on any atom is 0.186 e. The van der Waals surface area contributed by atoms with Gasteiger partial charge in [-0.05, 0) is 0 Å². The molecular formula is C9H9ClN2OS2. The van der Waals surface area contributed by atoms with Crippen molar-refractivity contribution in [1.82, 2.24) is 9.38 Å². The highest BCUT2D eigenvalue weighted by Gasteiger charge is 2.09. The number of imidazole rings is 1. The average molecular weight is 261 g/mol. The number of carbonyl (C=O) groups excluding carboxylic acids is 1. The minimum atomic E-state index is 0.127. The first kappa shape index (κ1) is 11.0. The number of fused-ring (bicyclic) bond motifs is 1. The second kappa shape index (κ2) is 4.55. The van der Waals surface area contributed by atoms with Gasteiger partial charge in [-0.25, -0.2) is 4.98 Å². The fourth-order valence-corrected chi connectivity index (χ4v) is 3.06. The molecule has 0 aliphatic carbocycles. The van der Waals surface area contributed by atoms with Crippen LogP contribution in [0.25, 0.3) is 4.83 Å². The SMILES string of the molecule is CC(=O)SCc1csc2cnc(CCl)n12. The van der Waals surface area contributed by atoms with Crippen LogP contribution in [0.15, 0.2) is 11.6 Å². The van der Waals surface area contributed by atoms with Gasteiger partial charge in [0.1, 0.15) is 10.7 Å². The maximum absolute atomic E-state index is 10.9. The summed E-state index contributed by atoms with van der Waals surface area (Å²) in [6, 6.07) is 0. The number of halogens is 1. The summed E-state index contributed by atoms with van der Waals surface area (Å²) in [6.07, 6.45) is 1.81. The quantitative estimate of drug-likeness (QED) is 0.796. The van der Waals surface area contributed by atoms with Crippen molar-refractivity contribution < 1.29 is 4.79 Å². The molecule has 80 valence electrons. The molecule has 0 saturated heterocycles. The van der Waals surface area contributed by atoms with Crippen LogP contribution in [-0.2, 0) is 16.4 Å². The third-order valence-corrected chi connectivity index (χ3v) is 3.95. The van der Waals surface area contributed by atoms with Gasteiger partial charge in [0.2, 0.25) is 0 Å². The van der Waals surface area contributed by atoms with Crippen LogP contribution < -0.4 is 0 Å². The molecule has 2 aromatic rings. The summed E-state index contributed by atoms with van der Waals surface area (Å²) in [4.78, 5) is 16.2. The highest BCUT2D eigenvalue weighted by Crippen LogP contribution is 2.23. The lowest BCUT2D eigenvalue weighted by molar-refractivity contribution is -0.109. The smallest absolute Gasteiger partial charge is 0.186 e. The van der Waals surface area contributed by atoms with E-state index < -0.39 is 0 Å². The fourth-order valence-electron chi connectivity index (χ4n) is 1.31. The molecule has 0 saturated carbocycles. The van der Waals surface area contributed by atoms with Gasteiger partial charge in [-0.2, -0.15) is 0 Å². The molecule has 0 spiro atoms. The molecule has 2 heterocycles. The standard InChI is InChI=1S/C9H9ClN2OS2/c1-6(13)14-4-7-5-15-9-3-11-8(2-10)12(7)9/h3,5H,2,4H2,1H3. The summed E-state index contributed by atoms with van der Waals surface area (Å²) in [6.45, 7) is 1.57. The van der Waals surface area contributed by atoms with E-state index in [1.54, 1.807) is 18.3 Å². The Labute approximate surface area is 100 Å². The molecule has 0 aliphatic heterocycles. The molecule has 0 bridgehead atoms. The third-order valence-electron chi connectivity index (χ3n) is 1.95. The van der Waals surface area contributed by atoms with Crippen molar-refractivity contribution in [2.75, 3.05) is 0 Å². The van der Waals surface area contributed by atoms with E-state index in [1.807, 2.05) is 16.0 Å². The van der Waals surface area contributed by atoms with Crippen LogP contribution >= 0.6 is 34.7 Å². The van der Waals surface area contributed by atoms with Gasteiger partial charge in [0.05, 0.1) is 12.1 Å². The van der Waals surface area contributed by atoms with Gasteiger partial charge in [-0.15, -0.1) is 22.9 Å². The van der Waals surface area contributed by atoms with Crippen molar-refractivity contribution in [1.29, 1.82) is 0 Å². The van der Waals surface area contributed by atoms with Gasteiger partial charge in [0, 0.05) is 23.8 Å². The summed E-state index contributed by atoms with van der Waals surface area (Å²) >= 11 is 8.71. The van der Waals surface area contributed by atoms with Crippen molar-refractivity contribution >= 4 is 44.6 Å². The topological polar surface area (TPSA) is 34.4 Å². The number of thioether (sulfide) groups is 1. The molecule has 0 aliphatic rings. The van der Waals surface area contributed by atoms with E-state index in [4.69, 9.17) is 11.6 Å². The Kier molecular flexibility index (Phi) is 3.33. The number of hydrogen-bond acceptors (Lipinski definition) is 4. The zero-order chi connectivity index (χ0) is 10.8. The average Bonchev–Trinajstić information content (AvgIpc) is 2.75. The largest absolute Gasteiger partial charge is 0.289 e. The molecule has 0 unspecified atom stereocenters. The number of rotatable bonds is 3. The molecule has 15 heavy (non-hydrogen) atoms. The Balaban J connectivity index is 2.33. The van der Waals surface area contributed by atoms with Crippen LogP contribution in [0, 0.1) is 0 Å². The number of carbonyl (C=O) groups is 1. The van der Waals surface area contributed by atoms with Gasteiger partial charge in [-0.1, -0.05) is 11.8 Å². The van der Waals surface area contributed by atoms with Crippen LogP contribution in [0.4, 0.5) is 0 Å². The molecule has 0 fully saturated rings. The van der Waals surface area contributed by atoms with Crippen molar-refractivity contribution in [3.63, 3.8) is 0 Å². The monoisotopic (exact) mass is 260 g/mol. The molecule has 0 aromatic carbocycles. The molecule has 0 radical (unpaired) electrons. The number of nitrogens with zero attached hydrogens (tertiary/aromatic N) is 2. The lowest BCUT2D eigenvalue weighted by atomic mass is 10.5. The summed E-state index contributed by atoms with van der Waals surface area (Å²) in [5.74, 6) is 1.91. The van der Waals surface area contributed by atoms with Gasteiger partial charge in [0.25, 0.3) is 0 Å². The molecule has 0 N–H and O–H groups in total. The van der Waals surface area contributed by atoms with E-state index in [0.717, 1.165) is 16.3 Å². The lowest BCUT2D eigenvalue weighted by Gasteiger charge is -1.99. The number of hydrogen-bond donors (Lipinski definition) is 0. The van der Waals surface area contributed by atoms with Gasteiger partial charge < -0.3 is 0 Å². The molecule has 2 rings (SSSR count). The zero-order valence-corrected chi connectivity index (χ0v) is 10.5. The molecule has 6 heteroatoms. The Morgan fingerprint density at radius 3 is 3.20 bits per heavy atom. The summed E-state index contributed by atoms with van der Waals surface area (Å²) in [5, 5.41) is 2.17. The highest BCUT2D eigenvalue weighted by molar-refractivity contribution is 8.12. The van der Waals surface area contributed by atoms with Gasteiger partial charge in [-0.3, -0.25) is 9.20 Å².